The molecular weight excluding hydrogens is 316 g/mol. The molecular formula is C20H24N2O3. The molecule has 1 fully saturated rings. The summed E-state index contributed by atoms with van der Waals surface area (Å²) in [5.74, 6) is -1.19. The lowest BCUT2D eigenvalue weighted by molar-refractivity contribution is 0.0695. The number of aromatic amines is 1. The summed E-state index contributed by atoms with van der Waals surface area (Å²) in [6.45, 7) is 6.16. The quantitative estimate of drug-likeness (QED) is 0.892. The van der Waals surface area contributed by atoms with E-state index < -0.39 is 11.5 Å². The van der Waals surface area contributed by atoms with Crippen LogP contribution >= 0.6 is 0 Å². The molecule has 0 atom stereocenters. The van der Waals surface area contributed by atoms with Crippen LogP contribution in [-0.2, 0) is 6.42 Å². The molecule has 0 amide bonds. The van der Waals surface area contributed by atoms with Crippen molar-refractivity contribution in [1.82, 2.24) is 4.98 Å². The fourth-order valence-corrected chi connectivity index (χ4v) is 3.53. The Labute approximate surface area is 147 Å². The SMILES string of the molecule is CCc1cc(C(=O)O)c(=O)[nH]c1-c1ccc(N2CCCCC2)cc1C. The first kappa shape index (κ1) is 17.3. The smallest absolute Gasteiger partial charge is 0.341 e. The van der Waals surface area contributed by atoms with Gasteiger partial charge in [0.25, 0.3) is 5.56 Å². The van der Waals surface area contributed by atoms with Gasteiger partial charge >= 0.3 is 5.97 Å². The number of carboxylic acid groups (broad SMARTS) is 1. The molecule has 0 unspecified atom stereocenters. The van der Waals surface area contributed by atoms with Crippen LogP contribution in [0.4, 0.5) is 5.69 Å². The maximum Gasteiger partial charge on any atom is 0.341 e. The van der Waals surface area contributed by atoms with Gasteiger partial charge in [0, 0.05) is 24.3 Å². The molecule has 1 saturated heterocycles. The molecule has 1 aliphatic rings. The summed E-state index contributed by atoms with van der Waals surface area (Å²) in [5.41, 5.74) is 4.04. The number of pyridine rings is 1. The van der Waals surface area contributed by atoms with Crippen LogP contribution in [0.15, 0.2) is 29.1 Å². The molecule has 0 radical (unpaired) electrons. The van der Waals surface area contributed by atoms with Crippen LogP contribution in [-0.4, -0.2) is 29.1 Å². The summed E-state index contributed by atoms with van der Waals surface area (Å²) in [5, 5.41) is 9.16. The van der Waals surface area contributed by atoms with Gasteiger partial charge in [-0.2, -0.15) is 0 Å². The zero-order chi connectivity index (χ0) is 18.0. The molecule has 1 aliphatic heterocycles. The first-order valence-corrected chi connectivity index (χ1v) is 8.86. The van der Waals surface area contributed by atoms with Crippen LogP contribution in [0.1, 0.15) is 47.7 Å². The number of hydrogen-bond donors (Lipinski definition) is 2. The molecule has 132 valence electrons. The minimum atomic E-state index is -1.19. The van der Waals surface area contributed by atoms with Gasteiger partial charge in [0.1, 0.15) is 5.56 Å². The summed E-state index contributed by atoms with van der Waals surface area (Å²) < 4.78 is 0. The number of hydrogen-bond acceptors (Lipinski definition) is 3. The Morgan fingerprint density at radius 3 is 2.52 bits per heavy atom. The largest absolute Gasteiger partial charge is 0.477 e. The number of carboxylic acids is 1. The van der Waals surface area contributed by atoms with Gasteiger partial charge in [0.15, 0.2) is 0 Å². The number of H-pyrrole nitrogens is 1. The van der Waals surface area contributed by atoms with Crippen LogP contribution in [0.2, 0.25) is 0 Å². The van der Waals surface area contributed by atoms with E-state index in [1.54, 1.807) is 0 Å². The van der Waals surface area contributed by atoms with Crippen molar-refractivity contribution in [3.63, 3.8) is 0 Å². The van der Waals surface area contributed by atoms with Gasteiger partial charge in [-0.1, -0.05) is 13.0 Å². The molecule has 5 nitrogen and oxygen atoms in total. The maximum absolute atomic E-state index is 12.1. The second-order valence-electron chi connectivity index (χ2n) is 6.62. The van der Waals surface area contributed by atoms with E-state index in [0.29, 0.717) is 6.42 Å². The Bertz CT molecular complexity index is 849. The van der Waals surface area contributed by atoms with E-state index >= 15 is 0 Å². The second kappa shape index (κ2) is 7.13. The van der Waals surface area contributed by atoms with Crippen molar-refractivity contribution >= 4 is 11.7 Å². The lowest BCUT2D eigenvalue weighted by atomic mass is 9.97. The van der Waals surface area contributed by atoms with E-state index in [4.69, 9.17) is 5.11 Å². The lowest BCUT2D eigenvalue weighted by Crippen LogP contribution is -2.29. The third-order valence-electron chi connectivity index (χ3n) is 4.93. The molecule has 1 aromatic heterocycles. The number of nitrogens with one attached hydrogen (secondary N) is 1. The van der Waals surface area contributed by atoms with E-state index in [1.807, 2.05) is 19.9 Å². The van der Waals surface area contributed by atoms with Crippen molar-refractivity contribution in [1.29, 1.82) is 0 Å². The Balaban J connectivity index is 2.03. The summed E-state index contributed by atoms with van der Waals surface area (Å²) in [4.78, 5) is 28.5. The average Bonchev–Trinajstić information content (AvgIpc) is 2.62. The fourth-order valence-electron chi connectivity index (χ4n) is 3.53. The van der Waals surface area contributed by atoms with Gasteiger partial charge in [-0.05, 0) is 61.9 Å². The monoisotopic (exact) mass is 340 g/mol. The predicted octanol–water partition coefficient (Wildman–Crippen LogP) is 3.60. The van der Waals surface area contributed by atoms with Gasteiger partial charge in [0.2, 0.25) is 0 Å². The zero-order valence-corrected chi connectivity index (χ0v) is 14.8. The number of aryl methyl sites for hydroxylation is 2. The Hall–Kier alpha value is -2.56. The molecule has 2 aromatic rings. The summed E-state index contributed by atoms with van der Waals surface area (Å²) in [6.07, 6.45) is 4.40. The Kier molecular flexibility index (Phi) is 4.93. The van der Waals surface area contributed by atoms with Crippen LogP contribution < -0.4 is 10.5 Å². The number of rotatable bonds is 4. The van der Waals surface area contributed by atoms with Crippen molar-refractivity contribution in [2.24, 2.45) is 0 Å². The third-order valence-corrected chi connectivity index (χ3v) is 4.93. The van der Waals surface area contributed by atoms with Crippen LogP contribution in [0.5, 0.6) is 0 Å². The number of aromatic nitrogens is 1. The highest BCUT2D eigenvalue weighted by molar-refractivity contribution is 5.88. The molecule has 5 heteroatoms. The van der Waals surface area contributed by atoms with Crippen LogP contribution in [0.25, 0.3) is 11.3 Å². The van der Waals surface area contributed by atoms with Gasteiger partial charge in [-0.15, -0.1) is 0 Å². The van der Waals surface area contributed by atoms with Crippen LogP contribution in [0, 0.1) is 6.92 Å². The topological polar surface area (TPSA) is 73.4 Å². The predicted molar refractivity (Wildman–Crippen MR) is 99.6 cm³/mol. The minimum absolute atomic E-state index is 0.205. The highest BCUT2D eigenvalue weighted by Gasteiger charge is 2.17. The Morgan fingerprint density at radius 1 is 1.20 bits per heavy atom. The van der Waals surface area contributed by atoms with E-state index in [-0.39, 0.29) is 5.56 Å². The number of piperidine rings is 1. The average molecular weight is 340 g/mol. The summed E-state index contributed by atoms with van der Waals surface area (Å²) in [6, 6.07) is 7.78. The molecule has 0 aliphatic carbocycles. The Morgan fingerprint density at radius 2 is 1.92 bits per heavy atom. The number of anilines is 1. The van der Waals surface area contributed by atoms with E-state index in [1.165, 1.54) is 31.0 Å². The maximum atomic E-state index is 12.1. The van der Waals surface area contributed by atoms with Gasteiger partial charge in [-0.25, -0.2) is 4.79 Å². The van der Waals surface area contributed by atoms with Crippen LogP contribution in [0.3, 0.4) is 0 Å². The third kappa shape index (κ3) is 3.45. The van der Waals surface area contributed by atoms with E-state index in [9.17, 15) is 9.59 Å². The number of carbonyl (C=O) groups is 1. The number of aromatic carboxylic acids is 1. The molecule has 3 rings (SSSR count). The summed E-state index contributed by atoms with van der Waals surface area (Å²) >= 11 is 0. The number of nitrogens with zero attached hydrogens (tertiary/aromatic N) is 1. The van der Waals surface area contributed by atoms with Crippen molar-refractivity contribution in [2.45, 2.75) is 39.5 Å². The standard InChI is InChI=1S/C20H24N2O3/c1-3-14-12-17(20(24)25)19(23)21-18(14)16-8-7-15(11-13(16)2)22-9-5-4-6-10-22/h7-8,11-12H,3-6,9-10H2,1-2H3,(H,21,23)(H,24,25). The zero-order valence-electron chi connectivity index (χ0n) is 14.8. The molecule has 0 saturated carbocycles. The molecule has 2 heterocycles. The highest BCUT2D eigenvalue weighted by atomic mass is 16.4. The molecule has 2 N–H and O–H groups in total. The first-order valence-electron chi connectivity index (χ1n) is 8.86. The minimum Gasteiger partial charge on any atom is -0.477 e. The number of benzene rings is 1. The lowest BCUT2D eigenvalue weighted by Gasteiger charge is -2.29. The normalized spacial score (nSPS) is 14.6. The van der Waals surface area contributed by atoms with Crippen molar-refractivity contribution in [3.05, 3.63) is 51.3 Å². The molecule has 25 heavy (non-hydrogen) atoms. The fraction of sp³-hybridized carbons (Fsp3) is 0.400. The molecule has 1 aromatic carbocycles. The van der Waals surface area contributed by atoms with Crippen molar-refractivity contribution in [2.75, 3.05) is 18.0 Å². The first-order chi connectivity index (χ1) is 12.0. The van der Waals surface area contributed by atoms with E-state index in [2.05, 4.69) is 22.0 Å². The van der Waals surface area contributed by atoms with E-state index in [0.717, 1.165) is 35.5 Å². The highest BCUT2D eigenvalue weighted by Crippen LogP contribution is 2.29. The molecule has 0 bridgehead atoms. The summed E-state index contributed by atoms with van der Waals surface area (Å²) in [7, 11) is 0. The van der Waals surface area contributed by atoms with Gasteiger partial charge < -0.3 is 15.0 Å². The molecule has 0 spiro atoms. The van der Waals surface area contributed by atoms with Crippen molar-refractivity contribution < 1.29 is 9.90 Å². The second-order valence-corrected chi connectivity index (χ2v) is 6.62. The van der Waals surface area contributed by atoms with Gasteiger partial charge in [0.05, 0.1) is 5.69 Å². The van der Waals surface area contributed by atoms with Crippen molar-refractivity contribution in [3.8, 4) is 11.3 Å². The van der Waals surface area contributed by atoms with Gasteiger partial charge in [-0.3, -0.25) is 4.79 Å².